The summed E-state index contributed by atoms with van der Waals surface area (Å²) in [6.45, 7) is 0. The Morgan fingerprint density at radius 3 is 2.17 bits per heavy atom. The molecule has 24 heavy (non-hydrogen) atoms. The molecule has 0 aliphatic carbocycles. The molecular formula is C20H18O4. The van der Waals surface area contributed by atoms with Crippen LogP contribution in [-0.2, 0) is 9.59 Å². The minimum atomic E-state index is -0.298. The van der Waals surface area contributed by atoms with E-state index in [1.54, 1.807) is 24.3 Å². The molecule has 0 spiro atoms. The number of hydrogen-bond donors (Lipinski definition) is 1. The standard InChI is InChI=1S/C20H18O4/c1-24-20-12-9-16(13-19(20)23)8-11-18(22)14-17(21)10-7-15-5-3-2-4-6-15/h2-13,23H,14H2,1H3/b10-7+,11-8+. The summed E-state index contributed by atoms with van der Waals surface area (Å²) in [5.74, 6) is -0.201. The van der Waals surface area contributed by atoms with E-state index in [9.17, 15) is 14.7 Å². The zero-order valence-corrected chi connectivity index (χ0v) is 13.3. The van der Waals surface area contributed by atoms with Crippen LogP contribution in [0.25, 0.3) is 12.2 Å². The maximum absolute atomic E-state index is 11.8. The molecule has 0 amide bonds. The Kier molecular flexibility index (Phi) is 6.08. The number of phenolic OH excluding ortho intramolecular Hbond substituents is 1. The maximum atomic E-state index is 11.8. The van der Waals surface area contributed by atoms with Crippen LogP contribution in [-0.4, -0.2) is 23.8 Å². The lowest BCUT2D eigenvalue weighted by atomic mass is 10.1. The number of hydrogen-bond acceptors (Lipinski definition) is 4. The van der Waals surface area contributed by atoms with Gasteiger partial charge in [-0.05, 0) is 35.4 Å². The smallest absolute Gasteiger partial charge is 0.163 e. The fraction of sp³-hybridized carbons (Fsp3) is 0.100. The van der Waals surface area contributed by atoms with Crippen molar-refractivity contribution in [3.8, 4) is 11.5 Å². The topological polar surface area (TPSA) is 63.6 Å². The van der Waals surface area contributed by atoms with E-state index < -0.39 is 0 Å². The minimum absolute atomic E-state index is 0.00558. The zero-order valence-electron chi connectivity index (χ0n) is 13.3. The molecule has 2 rings (SSSR count). The number of phenols is 1. The summed E-state index contributed by atoms with van der Waals surface area (Å²) in [5.41, 5.74) is 1.55. The Morgan fingerprint density at radius 2 is 1.58 bits per heavy atom. The van der Waals surface area contributed by atoms with Gasteiger partial charge in [-0.15, -0.1) is 0 Å². The number of methoxy groups -OCH3 is 1. The highest BCUT2D eigenvalue weighted by Gasteiger charge is 2.04. The van der Waals surface area contributed by atoms with E-state index in [1.165, 1.54) is 25.3 Å². The van der Waals surface area contributed by atoms with Crippen LogP contribution in [0.5, 0.6) is 11.5 Å². The Balaban J connectivity index is 1.91. The number of aromatic hydroxyl groups is 1. The van der Waals surface area contributed by atoms with Gasteiger partial charge in [-0.3, -0.25) is 9.59 Å². The van der Waals surface area contributed by atoms with E-state index in [0.717, 1.165) is 5.56 Å². The normalized spacial score (nSPS) is 11.0. The van der Waals surface area contributed by atoms with Crippen molar-refractivity contribution in [1.29, 1.82) is 0 Å². The van der Waals surface area contributed by atoms with Crippen molar-refractivity contribution in [2.24, 2.45) is 0 Å². The van der Waals surface area contributed by atoms with Crippen molar-refractivity contribution in [3.05, 3.63) is 71.8 Å². The van der Waals surface area contributed by atoms with Gasteiger partial charge in [-0.25, -0.2) is 0 Å². The van der Waals surface area contributed by atoms with E-state index in [-0.39, 0.29) is 23.7 Å². The number of rotatable bonds is 7. The third-order valence-electron chi connectivity index (χ3n) is 3.27. The molecule has 0 aliphatic heterocycles. The second-order valence-corrected chi connectivity index (χ2v) is 5.12. The first-order chi connectivity index (χ1) is 11.6. The Hall–Kier alpha value is -3.14. The predicted molar refractivity (Wildman–Crippen MR) is 93.8 cm³/mol. The van der Waals surface area contributed by atoms with Crippen molar-refractivity contribution in [3.63, 3.8) is 0 Å². The van der Waals surface area contributed by atoms with Gasteiger partial charge in [0.15, 0.2) is 23.1 Å². The highest BCUT2D eigenvalue weighted by molar-refractivity contribution is 6.10. The summed E-state index contributed by atoms with van der Waals surface area (Å²) in [5, 5.41) is 9.67. The van der Waals surface area contributed by atoms with Gasteiger partial charge in [-0.1, -0.05) is 48.6 Å². The molecule has 0 saturated heterocycles. The first-order valence-corrected chi connectivity index (χ1v) is 7.42. The first kappa shape index (κ1) is 17.2. The number of benzene rings is 2. The molecule has 0 radical (unpaired) electrons. The molecule has 122 valence electrons. The fourth-order valence-corrected chi connectivity index (χ4v) is 2.04. The monoisotopic (exact) mass is 322 g/mol. The highest BCUT2D eigenvalue weighted by Crippen LogP contribution is 2.26. The van der Waals surface area contributed by atoms with Gasteiger partial charge in [0, 0.05) is 0 Å². The number of ketones is 2. The highest BCUT2D eigenvalue weighted by atomic mass is 16.5. The van der Waals surface area contributed by atoms with Crippen LogP contribution in [0.2, 0.25) is 0 Å². The number of ether oxygens (including phenoxy) is 1. The fourth-order valence-electron chi connectivity index (χ4n) is 2.04. The molecule has 0 atom stereocenters. The molecule has 4 heteroatoms. The van der Waals surface area contributed by atoms with Crippen molar-refractivity contribution >= 4 is 23.7 Å². The molecule has 0 saturated carbocycles. The van der Waals surface area contributed by atoms with E-state index in [2.05, 4.69) is 0 Å². The van der Waals surface area contributed by atoms with Crippen molar-refractivity contribution in [2.45, 2.75) is 6.42 Å². The average Bonchev–Trinajstić information content (AvgIpc) is 2.59. The SMILES string of the molecule is COc1ccc(/C=C/C(=O)CC(=O)/C=C/c2ccccc2)cc1O. The lowest BCUT2D eigenvalue weighted by Crippen LogP contribution is -2.01. The second kappa shape index (κ2) is 8.48. The largest absolute Gasteiger partial charge is 0.504 e. The van der Waals surface area contributed by atoms with Crippen LogP contribution in [0.4, 0.5) is 0 Å². The lowest BCUT2D eigenvalue weighted by molar-refractivity contribution is -0.121. The summed E-state index contributed by atoms with van der Waals surface area (Å²) < 4.78 is 4.95. The van der Waals surface area contributed by atoms with Gasteiger partial charge in [0.25, 0.3) is 0 Å². The summed E-state index contributed by atoms with van der Waals surface area (Å²) in [4.78, 5) is 23.6. The molecule has 2 aromatic rings. The Labute approximate surface area is 140 Å². The first-order valence-electron chi connectivity index (χ1n) is 7.42. The molecule has 4 nitrogen and oxygen atoms in total. The zero-order chi connectivity index (χ0) is 17.4. The van der Waals surface area contributed by atoms with E-state index in [0.29, 0.717) is 11.3 Å². The number of carbonyl (C=O) groups excluding carboxylic acids is 2. The third-order valence-corrected chi connectivity index (χ3v) is 3.27. The van der Waals surface area contributed by atoms with Gasteiger partial charge in [0.05, 0.1) is 13.5 Å². The molecule has 0 fully saturated rings. The molecule has 0 heterocycles. The Morgan fingerprint density at radius 1 is 0.958 bits per heavy atom. The summed E-state index contributed by atoms with van der Waals surface area (Å²) in [7, 11) is 1.46. The van der Waals surface area contributed by atoms with Gasteiger partial charge >= 0.3 is 0 Å². The lowest BCUT2D eigenvalue weighted by Gasteiger charge is -2.03. The van der Waals surface area contributed by atoms with Gasteiger partial charge in [0.2, 0.25) is 0 Å². The molecule has 0 unspecified atom stereocenters. The Bertz CT molecular complexity index is 773. The van der Waals surface area contributed by atoms with Crippen LogP contribution < -0.4 is 4.74 Å². The molecule has 0 aliphatic rings. The van der Waals surface area contributed by atoms with Crippen molar-refractivity contribution in [1.82, 2.24) is 0 Å². The van der Waals surface area contributed by atoms with Crippen LogP contribution in [0, 0.1) is 0 Å². The average molecular weight is 322 g/mol. The number of carbonyl (C=O) groups is 2. The van der Waals surface area contributed by atoms with Gasteiger partial charge in [0.1, 0.15) is 0 Å². The third kappa shape index (κ3) is 5.25. The quantitative estimate of drug-likeness (QED) is 0.624. The predicted octanol–water partition coefficient (Wildman–Crippen LogP) is 3.66. The van der Waals surface area contributed by atoms with Crippen molar-refractivity contribution in [2.75, 3.05) is 7.11 Å². The van der Waals surface area contributed by atoms with Crippen LogP contribution >= 0.6 is 0 Å². The van der Waals surface area contributed by atoms with Crippen LogP contribution in [0.1, 0.15) is 17.5 Å². The number of allylic oxidation sites excluding steroid dienone is 2. The minimum Gasteiger partial charge on any atom is -0.504 e. The van der Waals surface area contributed by atoms with Crippen molar-refractivity contribution < 1.29 is 19.4 Å². The van der Waals surface area contributed by atoms with Crippen LogP contribution in [0.15, 0.2) is 60.7 Å². The second-order valence-electron chi connectivity index (χ2n) is 5.12. The summed E-state index contributed by atoms with van der Waals surface area (Å²) in [6.07, 6.45) is 5.77. The molecule has 0 aromatic heterocycles. The van der Waals surface area contributed by atoms with Gasteiger partial charge in [-0.2, -0.15) is 0 Å². The summed E-state index contributed by atoms with van der Waals surface area (Å²) >= 11 is 0. The van der Waals surface area contributed by atoms with E-state index in [1.807, 2.05) is 30.3 Å². The molecular weight excluding hydrogens is 304 g/mol. The summed E-state index contributed by atoms with van der Waals surface area (Å²) in [6, 6.07) is 14.2. The van der Waals surface area contributed by atoms with Crippen LogP contribution in [0.3, 0.4) is 0 Å². The maximum Gasteiger partial charge on any atom is 0.163 e. The molecule has 1 N–H and O–H groups in total. The molecule has 2 aromatic carbocycles. The van der Waals surface area contributed by atoms with E-state index in [4.69, 9.17) is 4.74 Å². The van der Waals surface area contributed by atoms with E-state index >= 15 is 0 Å². The molecule has 0 bridgehead atoms. The van der Waals surface area contributed by atoms with Gasteiger partial charge < -0.3 is 9.84 Å².